The Bertz CT molecular complexity index is 518. The summed E-state index contributed by atoms with van der Waals surface area (Å²) in [7, 11) is 0. The first-order valence-electron chi connectivity index (χ1n) is 3.82. The highest BCUT2D eigenvalue weighted by Gasteiger charge is 1.98. The van der Waals surface area contributed by atoms with Crippen LogP contribution in [0.25, 0.3) is 5.65 Å². The van der Waals surface area contributed by atoms with Gasteiger partial charge in [0.2, 0.25) is 0 Å². The molecule has 0 atom stereocenters. The molecule has 0 aliphatic rings. The third-order valence-electron chi connectivity index (χ3n) is 1.75. The first-order valence-corrected chi connectivity index (χ1v) is 4.62. The molecule has 0 spiro atoms. The minimum Gasteiger partial charge on any atom is -0.269 e. The second kappa shape index (κ2) is 2.96. The number of hydrogen-bond donors (Lipinski definition) is 0. The fourth-order valence-electron chi connectivity index (χ4n) is 1.20. The highest BCUT2D eigenvalue weighted by atomic mass is 79.9. The molecular formula is C9H7BrN2O. The van der Waals surface area contributed by atoms with E-state index >= 15 is 0 Å². The molecule has 13 heavy (non-hydrogen) atoms. The van der Waals surface area contributed by atoms with Crippen molar-refractivity contribution in [3.63, 3.8) is 0 Å². The van der Waals surface area contributed by atoms with Crippen molar-refractivity contribution < 1.29 is 0 Å². The summed E-state index contributed by atoms with van der Waals surface area (Å²) < 4.78 is 2.38. The fourth-order valence-corrected chi connectivity index (χ4v) is 1.53. The minimum atomic E-state index is -0.0520. The van der Waals surface area contributed by atoms with Gasteiger partial charge in [0, 0.05) is 22.4 Å². The van der Waals surface area contributed by atoms with E-state index in [4.69, 9.17) is 0 Å². The van der Waals surface area contributed by atoms with E-state index in [0.29, 0.717) is 5.65 Å². The lowest BCUT2D eigenvalue weighted by molar-refractivity contribution is 1.01. The summed E-state index contributed by atoms with van der Waals surface area (Å²) in [5, 5.41) is 0. The summed E-state index contributed by atoms with van der Waals surface area (Å²) in [5.74, 6) is 0. The number of rotatable bonds is 0. The van der Waals surface area contributed by atoms with Crippen LogP contribution in [0.15, 0.2) is 33.7 Å². The standard InChI is InChI=1S/C9H7BrN2O/c1-6-4-9(13)12-5-7(10)2-3-8(12)11-6/h2-5H,1H3. The van der Waals surface area contributed by atoms with E-state index in [1.807, 2.05) is 13.0 Å². The molecule has 0 fully saturated rings. The summed E-state index contributed by atoms with van der Waals surface area (Å²) in [6.07, 6.45) is 1.71. The third-order valence-corrected chi connectivity index (χ3v) is 2.22. The highest BCUT2D eigenvalue weighted by molar-refractivity contribution is 9.10. The molecule has 0 aromatic carbocycles. The van der Waals surface area contributed by atoms with Gasteiger partial charge in [0.05, 0.1) is 0 Å². The van der Waals surface area contributed by atoms with Gasteiger partial charge in [0.15, 0.2) is 0 Å². The van der Waals surface area contributed by atoms with Gasteiger partial charge in [0.1, 0.15) is 5.65 Å². The number of hydrogen-bond acceptors (Lipinski definition) is 2. The average Bonchev–Trinajstić information content (AvgIpc) is 2.06. The second-order valence-corrected chi connectivity index (χ2v) is 3.73. The quantitative estimate of drug-likeness (QED) is 0.702. The van der Waals surface area contributed by atoms with Crippen molar-refractivity contribution in [1.82, 2.24) is 9.38 Å². The monoisotopic (exact) mass is 238 g/mol. The number of halogens is 1. The van der Waals surface area contributed by atoms with E-state index in [0.717, 1.165) is 10.2 Å². The predicted molar refractivity (Wildman–Crippen MR) is 53.9 cm³/mol. The Balaban J connectivity index is 2.95. The maximum atomic E-state index is 11.5. The van der Waals surface area contributed by atoms with E-state index in [1.54, 1.807) is 12.3 Å². The van der Waals surface area contributed by atoms with Gasteiger partial charge in [0.25, 0.3) is 5.56 Å². The Kier molecular flexibility index (Phi) is 1.92. The van der Waals surface area contributed by atoms with Crippen LogP contribution >= 0.6 is 15.9 Å². The Morgan fingerprint density at radius 2 is 2.23 bits per heavy atom. The summed E-state index contributed by atoms with van der Waals surface area (Å²) >= 11 is 3.30. The van der Waals surface area contributed by atoms with Gasteiger partial charge in [-0.1, -0.05) is 0 Å². The minimum absolute atomic E-state index is 0.0520. The van der Waals surface area contributed by atoms with Gasteiger partial charge >= 0.3 is 0 Å². The van der Waals surface area contributed by atoms with Gasteiger partial charge in [-0.15, -0.1) is 0 Å². The Morgan fingerprint density at radius 1 is 1.46 bits per heavy atom. The topological polar surface area (TPSA) is 34.4 Å². The molecule has 0 amide bonds. The molecule has 0 radical (unpaired) electrons. The number of aryl methyl sites for hydroxylation is 1. The maximum absolute atomic E-state index is 11.5. The van der Waals surface area contributed by atoms with Crippen molar-refractivity contribution >= 4 is 21.6 Å². The molecule has 2 aromatic heterocycles. The summed E-state index contributed by atoms with van der Waals surface area (Å²) in [6.45, 7) is 1.81. The largest absolute Gasteiger partial charge is 0.269 e. The molecule has 4 heteroatoms. The molecule has 2 aromatic rings. The maximum Gasteiger partial charge on any atom is 0.258 e. The van der Waals surface area contributed by atoms with Crippen LogP contribution in [-0.4, -0.2) is 9.38 Å². The number of pyridine rings is 1. The lowest BCUT2D eigenvalue weighted by atomic mass is 10.4. The zero-order chi connectivity index (χ0) is 9.42. The van der Waals surface area contributed by atoms with Crippen LogP contribution in [0.5, 0.6) is 0 Å². The van der Waals surface area contributed by atoms with E-state index in [1.165, 1.54) is 10.5 Å². The zero-order valence-corrected chi connectivity index (χ0v) is 8.58. The van der Waals surface area contributed by atoms with Crippen molar-refractivity contribution in [1.29, 1.82) is 0 Å². The SMILES string of the molecule is Cc1cc(=O)n2cc(Br)ccc2n1. The molecule has 0 saturated heterocycles. The molecule has 0 unspecified atom stereocenters. The van der Waals surface area contributed by atoms with Gasteiger partial charge < -0.3 is 0 Å². The van der Waals surface area contributed by atoms with E-state index in [2.05, 4.69) is 20.9 Å². The summed E-state index contributed by atoms with van der Waals surface area (Å²) in [4.78, 5) is 15.7. The number of aromatic nitrogens is 2. The van der Waals surface area contributed by atoms with Crippen LogP contribution in [0, 0.1) is 6.92 Å². The van der Waals surface area contributed by atoms with E-state index < -0.39 is 0 Å². The highest BCUT2D eigenvalue weighted by Crippen LogP contribution is 2.08. The van der Waals surface area contributed by atoms with Crippen LogP contribution < -0.4 is 5.56 Å². The lowest BCUT2D eigenvalue weighted by Crippen LogP contribution is -2.14. The molecule has 66 valence electrons. The summed E-state index contributed by atoms with van der Waals surface area (Å²) in [5.41, 5.74) is 1.37. The molecule has 0 aliphatic carbocycles. The first-order chi connectivity index (χ1) is 6.16. The van der Waals surface area contributed by atoms with Crippen LogP contribution in [0.3, 0.4) is 0 Å². The van der Waals surface area contributed by atoms with Crippen LogP contribution in [0.4, 0.5) is 0 Å². The van der Waals surface area contributed by atoms with Crippen molar-refractivity contribution in [2.24, 2.45) is 0 Å². The van der Waals surface area contributed by atoms with Crippen molar-refractivity contribution in [2.45, 2.75) is 6.92 Å². The molecule has 0 N–H and O–H groups in total. The fraction of sp³-hybridized carbons (Fsp3) is 0.111. The van der Waals surface area contributed by atoms with Crippen molar-refractivity contribution in [3.8, 4) is 0 Å². The van der Waals surface area contributed by atoms with Crippen LogP contribution in [-0.2, 0) is 0 Å². The third kappa shape index (κ3) is 1.49. The molecule has 0 aliphatic heterocycles. The Labute approximate surface area is 83.2 Å². The smallest absolute Gasteiger partial charge is 0.258 e. The molecule has 2 heterocycles. The number of nitrogens with zero attached hydrogens (tertiary/aromatic N) is 2. The van der Waals surface area contributed by atoms with Gasteiger partial charge in [-0.25, -0.2) is 4.98 Å². The molecule has 2 rings (SSSR count). The molecular weight excluding hydrogens is 232 g/mol. The average molecular weight is 239 g/mol. The Hall–Kier alpha value is -1.16. The van der Waals surface area contributed by atoms with Gasteiger partial charge in [-0.2, -0.15) is 0 Å². The molecule has 0 saturated carbocycles. The normalized spacial score (nSPS) is 10.6. The van der Waals surface area contributed by atoms with Crippen molar-refractivity contribution in [3.05, 3.63) is 44.9 Å². The molecule has 0 bridgehead atoms. The summed E-state index contributed by atoms with van der Waals surface area (Å²) in [6, 6.07) is 5.18. The van der Waals surface area contributed by atoms with Gasteiger partial charge in [-0.05, 0) is 35.0 Å². The second-order valence-electron chi connectivity index (χ2n) is 2.81. The molecule has 3 nitrogen and oxygen atoms in total. The lowest BCUT2D eigenvalue weighted by Gasteiger charge is -2.00. The van der Waals surface area contributed by atoms with Crippen molar-refractivity contribution in [2.75, 3.05) is 0 Å². The van der Waals surface area contributed by atoms with Crippen LogP contribution in [0.1, 0.15) is 5.69 Å². The Morgan fingerprint density at radius 3 is 3.00 bits per heavy atom. The van der Waals surface area contributed by atoms with Gasteiger partial charge in [-0.3, -0.25) is 9.20 Å². The number of fused-ring (bicyclic) bond motifs is 1. The zero-order valence-electron chi connectivity index (χ0n) is 6.99. The van der Waals surface area contributed by atoms with E-state index in [9.17, 15) is 4.79 Å². The predicted octanol–water partition coefficient (Wildman–Crippen LogP) is 1.77. The van der Waals surface area contributed by atoms with Crippen LogP contribution in [0.2, 0.25) is 0 Å². The van der Waals surface area contributed by atoms with E-state index in [-0.39, 0.29) is 5.56 Å². The first kappa shape index (κ1) is 8.44.